The molecule has 12 nitrogen and oxygen atoms in total. The molecule has 1 unspecified atom stereocenters. The molecule has 1 atom stereocenters. The van der Waals surface area contributed by atoms with Crippen LogP contribution in [0.25, 0.3) is 0 Å². The normalized spacial score (nSPS) is 26.5. The maximum atomic E-state index is 10.2. The fraction of sp³-hybridized carbons (Fsp3) is 1.00. The molecule has 16 heteroatoms. The zero-order chi connectivity index (χ0) is 23.1. The van der Waals surface area contributed by atoms with E-state index in [1.54, 1.807) is 6.92 Å². The highest BCUT2D eigenvalue weighted by Crippen LogP contribution is 2.10. The van der Waals surface area contributed by atoms with Crippen molar-refractivity contribution in [2.24, 2.45) is 0 Å². The first kappa shape index (κ1) is 27.8. The molecule has 28 heavy (non-hydrogen) atoms. The number of rotatable bonds is 0. The van der Waals surface area contributed by atoms with E-state index in [1.807, 2.05) is 0 Å². The molecule has 0 aromatic heterocycles. The monoisotopic (exact) mass is 498 g/mol. The predicted molar refractivity (Wildman–Crippen MR) is 107 cm³/mol. The summed E-state index contributed by atoms with van der Waals surface area (Å²) in [6, 6.07) is 0. The van der Waals surface area contributed by atoms with Crippen molar-refractivity contribution in [1.82, 2.24) is 0 Å². The van der Waals surface area contributed by atoms with Crippen molar-refractivity contribution in [3.05, 3.63) is 0 Å². The lowest BCUT2D eigenvalue weighted by Gasteiger charge is -2.09. The summed E-state index contributed by atoms with van der Waals surface area (Å²) in [5.41, 5.74) is 0. The standard InChI is InChI=1S/2C3H6O4S.C3H10Si.C2H4O4S.CH4.2H2/c1-3-2-6-8(4,5)7-3;4-8(5)6-2-1-3-7-8;1-4(2)3;3-7(4)5-1-2-6-7;;;/h3H,2H2,1H3;1-3H2;4H,1-3H3;1-2H2;1H4;2*1H/i;;;;;1+2D;1+1. The van der Waals surface area contributed by atoms with Crippen LogP contribution in [0.5, 0.6) is 0 Å². The largest absolute Gasteiger partial charge is 0.400 e. The molecule has 0 saturated carbocycles. The predicted octanol–water partition coefficient (Wildman–Crippen LogP) is 0.844. The Kier molecular flexibility index (Phi) is 13.9. The molecule has 0 spiro atoms. The third-order valence-corrected chi connectivity index (χ3v) is 4.82. The lowest BCUT2D eigenvalue weighted by molar-refractivity contribution is 0.157. The van der Waals surface area contributed by atoms with E-state index in [-0.39, 0.29) is 56.8 Å². The molecule has 176 valence electrons. The van der Waals surface area contributed by atoms with Crippen molar-refractivity contribution in [2.45, 2.75) is 46.5 Å². The molecular weight excluding hydrogens is 460 g/mol. The van der Waals surface area contributed by atoms with Crippen LogP contribution < -0.4 is 0 Å². The average Bonchev–Trinajstić information content (AvgIpc) is 3.13. The first-order valence-electron chi connectivity index (χ1n) is 8.90. The van der Waals surface area contributed by atoms with Gasteiger partial charge in [0.15, 0.2) is 0 Å². The molecule has 3 fully saturated rings. The highest BCUT2D eigenvalue weighted by molar-refractivity contribution is 7.82. The molecule has 0 N–H and O–H groups in total. The Morgan fingerprint density at radius 2 is 1.14 bits per heavy atom. The summed E-state index contributed by atoms with van der Waals surface area (Å²) in [5, 5.41) is 0. The van der Waals surface area contributed by atoms with Crippen LogP contribution in [-0.4, -0.2) is 73.2 Å². The van der Waals surface area contributed by atoms with Gasteiger partial charge in [-0.1, -0.05) is 27.1 Å². The maximum absolute atomic E-state index is 10.2. The van der Waals surface area contributed by atoms with Crippen LogP contribution in [0.4, 0.5) is 0 Å². The Bertz CT molecular complexity index is 681. The second-order valence-corrected chi connectivity index (χ2v) is 13.1. The van der Waals surface area contributed by atoms with Crippen LogP contribution >= 0.6 is 0 Å². The van der Waals surface area contributed by atoms with Crippen LogP contribution in [0.2, 0.25) is 19.6 Å². The van der Waals surface area contributed by atoms with Crippen molar-refractivity contribution in [1.29, 1.82) is 0 Å². The van der Waals surface area contributed by atoms with Gasteiger partial charge >= 0.3 is 31.2 Å². The quantitative estimate of drug-likeness (QED) is 0.434. The average molecular weight is 499 g/mol. The summed E-state index contributed by atoms with van der Waals surface area (Å²) >= 11 is 0. The molecule has 0 bridgehead atoms. The van der Waals surface area contributed by atoms with E-state index in [0.717, 1.165) is 0 Å². The molecular formula is C12H34O12S3Si. The van der Waals surface area contributed by atoms with Crippen LogP contribution in [0.15, 0.2) is 0 Å². The van der Waals surface area contributed by atoms with E-state index < -0.39 is 31.2 Å². The van der Waals surface area contributed by atoms with Gasteiger partial charge in [0.25, 0.3) is 0 Å². The van der Waals surface area contributed by atoms with Crippen LogP contribution in [0.1, 0.15) is 25.2 Å². The smallest absolute Gasteiger partial charge is 0.248 e. The minimum Gasteiger partial charge on any atom is -0.248 e. The molecule has 3 saturated heterocycles. The highest BCUT2D eigenvalue weighted by atomic mass is 32.3. The lowest BCUT2D eigenvalue weighted by atomic mass is 10.5. The number of hydrogen-bond donors (Lipinski definition) is 0. The van der Waals surface area contributed by atoms with E-state index in [1.165, 1.54) is 0 Å². The molecule has 0 amide bonds. The Morgan fingerprint density at radius 1 is 0.786 bits per heavy atom. The zero-order valence-electron chi connectivity index (χ0n) is 17.5. The minimum absolute atomic E-state index is 0. The van der Waals surface area contributed by atoms with Gasteiger partial charge in [0.05, 0.1) is 33.0 Å². The van der Waals surface area contributed by atoms with E-state index in [9.17, 15) is 25.3 Å². The summed E-state index contributed by atoms with van der Waals surface area (Å²) in [5.74, 6) is 0. The summed E-state index contributed by atoms with van der Waals surface area (Å²) in [4.78, 5) is 0. The zero-order valence-corrected chi connectivity index (χ0v) is 19.1. The Labute approximate surface area is 174 Å². The molecule has 0 aromatic rings. The van der Waals surface area contributed by atoms with Crippen LogP contribution in [-0.2, 0) is 56.3 Å². The lowest BCUT2D eigenvalue weighted by Crippen LogP contribution is -2.18. The molecule has 3 heterocycles. The van der Waals surface area contributed by atoms with E-state index >= 15 is 0 Å². The van der Waals surface area contributed by atoms with Crippen molar-refractivity contribution < 1.29 is 54.7 Å². The third-order valence-electron chi connectivity index (χ3n) is 2.01. The summed E-state index contributed by atoms with van der Waals surface area (Å²) < 4.78 is 95.9. The molecule has 0 aliphatic carbocycles. The molecule has 0 radical (unpaired) electrons. The molecule has 3 aliphatic heterocycles. The van der Waals surface area contributed by atoms with Gasteiger partial charge in [-0.25, -0.2) is 25.1 Å². The van der Waals surface area contributed by atoms with Crippen molar-refractivity contribution in [2.75, 3.05) is 33.0 Å². The molecule has 0 aromatic carbocycles. The Balaban J connectivity index is -0.000000153. The second kappa shape index (κ2) is 13.9. The van der Waals surface area contributed by atoms with Gasteiger partial charge in [0.2, 0.25) is 0 Å². The van der Waals surface area contributed by atoms with Crippen molar-refractivity contribution >= 4 is 40.0 Å². The van der Waals surface area contributed by atoms with Crippen LogP contribution in [0.3, 0.4) is 0 Å². The van der Waals surface area contributed by atoms with Crippen molar-refractivity contribution in [3.63, 3.8) is 0 Å². The Hall–Kier alpha value is -0.173. The van der Waals surface area contributed by atoms with Gasteiger partial charge in [-0.05, 0) is 13.3 Å². The summed E-state index contributed by atoms with van der Waals surface area (Å²) in [6.07, 6.45) is 0.333. The molecule has 3 rings (SSSR count). The van der Waals surface area contributed by atoms with Gasteiger partial charge in [-0.3, -0.25) is 0 Å². The van der Waals surface area contributed by atoms with E-state index in [2.05, 4.69) is 44.7 Å². The van der Waals surface area contributed by atoms with E-state index in [4.69, 9.17) is 2.97 Å². The maximum Gasteiger partial charge on any atom is 0.400 e. The fourth-order valence-corrected chi connectivity index (χ4v) is 3.35. The van der Waals surface area contributed by atoms with Crippen molar-refractivity contribution in [3.8, 4) is 0 Å². The summed E-state index contributed by atoms with van der Waals surface area (Å²) in [6.45, 7) is 9.50. The van der Waals surface area contributed by atoms with Crippen LogP contribution in [0, 0.1) is 0 Å². The van der Waals surface area contributed by atoms with Gasteiger partial charge in [-0.15, -0.1) is 0 Å². The van der Waals surface area contributed by atoms with Gasteiger partial charge < -0.3 is 0 Å². The van der Waals surface area contributed by atoms with Gasteiger partial charge in [0, 0.05) is 13.2 Å². The topological polar surface area (TPSA) is 158 Å². The first-order chi connectivity index (χ1) is 13.2. The molecule has 3 aliphatic rings. The van der Waals surface area contributed by atoms with Gasteiger partial charge in [0.1, 0.15) is 6.10 Å². The summed E-state index contributed by atoms with van der Waals surface area (Å²) in [7, 11) is -10.9. The minimum atomic E-state index is -3.60. The SMILES string of the molecule is C.CC1COS(=O)(=O)O1.C[SiH](C)C.O=S1(=O)OCCCO1.O=S1(=O)OCCO1.[2HH].[2H][3H]. The first-order valence-corrected chi connectivity index (χ1v) is 15.4. The highest BCUT2D eigenvalue weighted by Gasteiger charge is 2.25. The van der Waals surface area contributed by atoms with E-state index in [0.29, 0.717) is 6.42 Å². The Morgan fingerprint density at radius 3 is 1.25 bits per heavy atom. The number of hydrogen-bond acceptors (Lipinski definition) is 12. The fourth-order valence-electron chi connectivity index (χ4n) is 1.16. The second-order valence-electron chi connectivity index (χ2n) is 5.79. The third kappa shape index (κ3) is 17.9. The van der Waals surface area contributed by atoms with Gasteiger partial charge in [-0.2, -0.15) is 25.3 Å².